The molecule has 3 nitrogen and oxygen atoms in total. The van der Waals surface area contributed by atoms with Crippen LogP contribution in [0.2, 0.25) is 10.0 Å². The Morgan fingerprint density at radius 2 is 1.91 bits per heavy atom. The Hall–Kier alpha value is -0.550. The highest BCUT2D eigenvalue weighted by Gasteiger charge is 2.27. The zero-order valence-electron chi connectivity index (χ0n) is 13.1. The highest BCUT2D eigenvalue weighted by Crippen LogP contribution is 2.25. The van der Waals surface area contributed by atoms with Crippen LogP contribution >= 0.6 is 35.4 Å². The SMILES string of the molecule is CC(C)(CNC(=S)Nc1ccc(Cl)cc1Cl)N1CCCCC1. The molecule has 2 N–H and O–H groups in total. The molecule has 22 heavy (non-hydrogen) atoms. The predicted molar refractivity (Wildman–Crippen MR) is 100 cm³/mol. The molecule has 2 rings (SSSR count). The molecule has 6 heteroatoms. The molecule has 1 aliphatic heterocycles. The van der Waals surface area contributed by atoms with E-state index >= 15 is 0 Å². The lowest BCUT2D eigenvalue weighted by atomic mass is 9.98. The van der Waals surface area contributed by atoms with Gasteiger partial charge in [0, 0.05) is 17.1 Å². The third kappa shape index (κ3) is 4.98. The van der Waals surface area contributed by atoms with E-state index in [1.165, 1.54) is 19.3 Å². The lowest BCUT2D eigenvalue weighted by molar-refractivity contribution is 0.0986. The lowest BCUT2D eigenvalue weighted by Gasteiger charge is -2.41. The van der Waals surface area contributed by atoms with Crippen molar-refractivity contribution in [1.82, 2.24) is 10.2 Å². The van der Waals surface area contributed by atoms with Gasteiger partial charge in [-0.25, -0.2) is 0 Å². The van der Waals surface area contributed by atoms with Crippen LogP contribution in [0.15, 0.2) is 18.2 Å². The summed E-state index contributed by atoms with van der Waals surface area (Å²) < 4.78 is 0. The zero-order valence-corrected chi connectivity index (χ0v) is 15.4. The number of hydrogen-bond donors (Lipinski definition) is 2. The van der Waals surface area contributed by atoms with Crippen molar-refractivity contribution in [2.45, 2.75) is 38.6 Å². The van der Waals surface area contributed by atoms with Gasteiger partial charge in [-0.2, -0.15) is 0 Å². The summed E-state index contributed by atoms with van der Waals surface area (Å²) in [7, 11) is 0. The molecule has 0 aromatic heterocycles. The molecule has 1 aromatic carbocycles. The molecular weight excluding hydrogens is 337 g/mol. The second-order valence-corrected chi connectivity index (χ2v) is 7.54. The maximum absolute atomic E-state index is 6.14. The van der Waals surface area contributed by atoms with Crippen molar-refractivity contribution in [1.29, 1.82) is 0 Å². The van der Waals surface area contributed by atoms with E-state index in [2.05, 4.69) is 29.4 Å². The van der Waals surface area contributed by atoms with Crippen molar-refractivity contribution in [2.24, 2.45) is 0 Å². The average molecular weight is 360 g/mol. The standard InChI is InChI=1S/C16H23Cl2N3S/c1-16(2,21-8-4-3-5-9-21)11-19-15(22)20-14-7-6-12(17)10-13(14)18/h6-7,10H,3-5,8-9,11H2,1-2H3,(H2,19,20,22). The van der Waals surface area contributed by atoms with E-state index in [9.17, 15) is 0 Å². The fourth-order valence-corrected chi connectivity index (χ4v) is 3.30. The number of benzene rings is 1. The van der Waals surface area contributed by atoms with Crippen molar-refractivity contribution < 1.29 is 0 Å². The van der Waals surface area contributed by atoms with Gasteiger partial charge in [-0.15, -0.1) is 0 Å². The first-order chi connectivity index (χ1) is 10.4. The monoisotopic (exact) mass is 359 g/mol. The fourth-order valence-electron chi connectivity index (χ4n) is 2.66. The van der Waals surface area contributed by atoms with Gasteiger partial charge in [-0.1, -0.05) is 29.6 Å². The van der Waals surface area contributed by atoms with Crippen molar-refractivity contribution in [3.8, 4) is 0 Å². The summed E-state index contributed by atoms with van der Waals surface area (Å²) in [4.78, 5) is 2.53. The Bertz CT molecular complexity index is 528. The van der Waals surface area contributed by atoms with E-state index < -0.39 is 0 Å². The number of nitrogens with one attached hydrogen (secondary N) is 2. The molecule has 1 heterocycles. The largest absolute Gasteiger partial charge is 0.361 e. The smallest absolute Gasteiger partial charge is 0.170 e. The molecule has 0 bridgehead atoms. The molecule has 0 atom stereocenters. The highest BCUT2D eigenvalue weighted by atomic mass is 35.5. The minimum Gasteiger partial charge on any atom is -0.361 e. The third-order valence-corrected chi connectivity index (χ3v) is 4.87. The van der Waals surface area contributed by atoms with Crippen LogP contribution in [-0.4, -0.2) is 35.2 Å². The number of piperidine rings is 1. The van der Waals surface area contributed by atoms with Crippen LogP contribution in [0.3, 0.4) is 0 Å². The Balaban J connectivity index is 1.86. The molecule has 0 spiro atoms. The Morgan fingerprint density at radius 1 is 1.23 bits per heavy atom. The minimum atomic E-state index is 0.0793. The molecule has 1 aromatic rings. The van der Waals surface area contributed by atoms with Crippen molar-refractivity contribution in [3.63, 3.8) is 0 Å². The maximum atomic E-state index is 6.14. The van der Waals surface area contributed by atoms with Gasteiger partial charge in [-0.05, 0) is 70.2 Å². The average Bonchev–Trinajstić information content (AvgIpc) is 2.49. The van der Waals surface area contributed by atoms with Gasteiger partial charge in [0.1, 0.15) is 0 Å². The van der Waals surface area contributed by atoms with Gasteiger partial charge in [-0.3, -0.25) is 4.90 Å². The Labute approximate surface area is 148 Å². The van der Waals surface area contributed by atoms with Crippen LogP contribution in [0.5, 0.6) is 0 Å². The van der Waals surface area contributed by atoms with Gasteiger partial charge < -0.3 is 10.6 Å². The number of likely N-dealkylation sites (tertiary alicyclic amines) is 1. The van der Waals surface area contributed by atoms with Crippen LogP contribution in [-0.2, 0) is 0 Å². The summed E-state index contributed by atoms with van der Waals surface area (Å²) in [6.45, 7) is 7.63. The van der Waals surface area contributed by atoms with E-state index in [0.717, 1.165) is 25.3 Å². The van der Waals surface area contributed by atoms with E-state index in [1.807, 2.05) is 6.07 Å². The van der Waals surface area contributed by atoms with Crippen LogP contribution in [0, 0.1) is 0 Å². The second kappa shape index (κ2) is 7.82. The Kier molecular flexibility index (Phi) is 6.33. The van der Waals surface area contributed by atoms with Gasteiger partial charge in [0.2, 0.25) is 0 Å². The molecule has 1 saturated heterocycles. The van der Waals surface area contributed by atoms with Crippen LogP contribution in [0.25, 0.3) is 0 Å². The number of nitrogens with zero attached hydrogens (tertiary/aromatic N) is 1. The number of hydrogen-bond acceptors (Lipinski definition) is 2. The minimum absolute atomic E-state index is 0.0793. The van der Waals surface area contributed by atoms with Gasteiger partial charge in [0.15, 0.2) is 5.11 Å². The number of anilines is 1. The van der Waals surface area contributed by atoms with E-state index in [0.29, 0.717) is 15.2 Å². The normalized spacial score (nSPS) is 16.4. The summed E-state index contributed by atoms with van der Waals surface area (Å²) in [6.07, 6.45) is 3.91. The summed E-state index contributed by atoms with van der Waals surface area (Å²) in [5.74, 6) is 0. The topological polar surface area (TPSA) is 27.3 Å². The quantitative estimate of drug-likeness (QED) is 0.771. The van der Waals surface area contributed by atoms with E-state index in [4.69, 9.17) is 35.4 Å². The summed E-state index contributed by atoms with van der Waals surface area (Å²) in [5.41, 5.74) is 0.843. The van der Waals surface area contributed by atoms with Crippen molar-refractivity contribution in [2.75, 3.05) is 25.0 Å². The molecule has 1 fully saturated rings. The van der Waals surface area contributed by atoms with Gasteiger partial charge >= 0.3 is 0 Å². The van der Waals surface area contributed by atoms with Crippen LogP contribution < -0.4 is 10.6 Å². The molecule has 0 saturated carbocycles. The molecule has 122 valence electrons. The van der Waals surface area contributed by atoms with Crippen molar-refractivity contribution in [3.05, 3.63) is 28.2 Å². The van der Waals surface area contributed by atoms with Crippen LogP contribution in [0.4, 0.5) is 5.69 Å². The molecular formula is C16H23Cl2N3S. The van der Waals surface area contributed by atoms with Gasteiger partial charge in [0.25, 0.3) is 0 Å². The summed E-state index contributed by atoms with van der Waals surface area (Å²) >= 11 is 17.4. The number of rotatable bonds is 4. The van der Waals surface area contributed by atoms with E-state index in [-0.39, 0.29) is 5.54 Å². The van der Waals surface area contributed by atoms with Crippen LogP contribution in [0.1, 0.15) is 33.1 Å². The molecule has 0 amide bonds. The Morgan fingerprint density at radius 3 is 2.55 bits per heavy atom. The predicted octanol–water partition coefficient (Wildman–Crippen LogP) is 4.54. The first kappa shape index (κ1) is 17.8. The van der Waals surface area contributed by atoms with E-state index in [1.54, 1.807) is 12.1 Å². The molecule has 0 unspecified atom stereocenters. The number of thiocarbonyl (C=S) groups is 1. The first-order valence-electron chi connectivity index (χ1n) is 7.63. The lowest BCUT2D eigenvalue weighted by Crippen LogP contribution is -2.53. The maximum Gasteiger partial charge on any atom is 0.170 e. The van der Waals surface area contributed by atoms with Crippen molar-refractivity contribution >= 4 is 46.2 Å². The summed E-state index contributed by atoms with van der Waals surface area (Å²) in [6, 6.07) is 5.32. The molecule has 0 aliphatic carbocycles. The number of halogens is 2. The summed E-state index contributed by atoms with van der Waals surface area (Å²) in [5, 5.41) is 8.17. The first-order valence-corrected chi connectivity index (χ1v) is 8.80. The fraction of sp³-hybridized carbons (Fsp3) is 0.562. The highest BCUT2D eigenvalue weighted by molar-refractivity contribution is 7.80. The van der Waals surface area contributed by atoms with Gasteiger partial charge in [0.05, 0.1) is 10.7 Å². The molecule has 0 radical (unpaired) electrons. The molecule has 1 aliphatic rings. The zero-order chi connectivity index (χ0) is 16.2. The third-order valence-electron chi connectivity index (χ3n) is 4.07. The second-order valence-electron chi connectivity index (χ2n) is 6.29.